The van der Waals surface area contributed by atoms with Crippen molar-refractivity contribution in [2.75, 3.05) is 32.8 Å². The minimum absolute atomic E-state index is 0.0214. The van der Waals surface area contributed by atoms with Crippen molar-refractivity contribution < 1.29 is 9.53 Å². The summed E-state index contributed by atoms with van der Waals surface area (Å²) in [4.78, 5) is 22.9. The van der Waals surface area contributed by atoms with Crippen LogP contribution in [0.25, 0.3) is 5.82 Å². The van der Waals surface area contributed by atoms with Crippen molar-refractivity contribution in [3.05, 3.63) is 36.5 Å². The lowest BCUT2D eigenvalue weighted by atomic mass is 10.1. The highest BCUT2D eigenvalue weighted by Crippen LogP contribution is 2.09. The first-order valence-corrected chi connectivity index (χ1v) is 8.55. The second-order valence-corrected chi connectivity index (χ2v) is 6.60. The molecule has 25 heavy (non-hydrogen) atoms. The number of hydrogen-bond donors (Lipinski definition) is 1. The summed E-state index contributed by atoms with van der Waals surface area (Å²) in [5.74, 6) is 1.04. The Morgan fingerprint density at radius 2 is 2.36 bits per heavy atom. The van der Waals surface area contributed by atoms with Crippen LogP contribution in [0.4, 0.5) is 0 Å². The summed E-state index contributed by atoms with van der Waals surface area (Å²) in [5, 5.41) is 6.98. The quantitative estimate of drug-likeness (QED) is 0.832. The number of morpholine rings is 1. The molecule has 0 saturated carbocycles. The molecule has 0 aromatic carbocycles. The number of carbonyl (C=O) groups excluding carboxylic acids is 1. The Bertz CT molecular complexity index is 688. The number of nitrogens with one attached hydrogen (secondary N) is 1. The second-order valence-electron chi connectivity index (χ2n) is 6.60. The molecule has 134 valence electrons. The molecular weight excluding hydrogens is 320 g/mol. The lowest BCUT2D eigenvalue weighted by Gasteiger charge is -2.33. The van der Waals surface area contributed by atoms with Crippen LogP contribution < -0.4 is 5.32 Å². The van der Waals surface area contributed by atoms with E-state index in [0.29, 0.717) is 30.5 Å². The average molecular weight is 344 g/mol. The number of hydrogen-bond acceptors (Lipinski definition) is 6. The number of amides is 1. The molecule has 1 fully saturated rings. The van der Waals surface area contributed by atoms with Gasteiger partial charge in [0, 0.05) is 37.9 Å². The van der Waals surface area contributed by atoms with Gasteiger partial charge in [-0.25, -0.2) is 14.6 Å². The van der Waals surface area contributed by atoms with Gasteiger partial charge in [0.2, 0.25) is 0 Å². The molecule has 3 heterocycles. The largest absolute Gasteiger partial charge is 0.374 e. The van der Waals surface area contributed by atoms with Gasteiger partial charge in [-0.05, 0) is 18.1 Å². The van der Waals surface area contributed by atoms with Crippen molar-refractivity contribution in [2.45, 2.75) is 20.0 Å². The molecule has 1 atom stereocenters. The Kier molecular flexibility index (Phi) is 5.72. The predicted molar refractivity (Wildman–Crippen MR) is 92.5 cm³/mol. The van der Waals surface area contributed by atoms with Gasteiger partial charge in [0.15, 0.2) is 5.82 Å². The fourth-order valence-corrected chi connectivity index (χ4v) is 2.91. The Morgan fingerprint density at radius 3 is 3.12 bits per heavy atom. The summed E-state index contributed by atoms with van der Waals surface area (Å²) in [6.45, 7) is 8.48. The van der Waals surface area contributed by atoms with Crippen LogP contribution in [-0.2, 0) is 4.74 Å². The maximum atomic E-state index is 12.4. The molecule has 0 bridgehead atoms. The Labute approximate surface area is 147 Å². The zero-order valence-electron chi connectivity index (χ0n) is 14.6. The van der Waals surface area contributed by atoms with E-state index < -0.39 is 0 Å². The van der Waals surface area contributed by atoms with Crippen LogP contribution in [0, 0.1) is 5.92 Å². The van der Waals surface area contributed by atoms with E-state index in [-0.39, 0.29) is 12.0 Å². The summed E-state index contributed by atoms with van der Waals surface area (Å²) in [6, 6.07) is 3.37. The molecule has 0 spiro atoms. The molecule has 0 aliphatic carbocycles. The van der Waals surface area contributed by atoms with Crippen LogP contribution in [0.15, 0.2) is 31.0 Å². The normalized spacial score (nSPS) is 18.4. The molecule has 1 N–H and O–H groups in total. The molecule has 1 aliphatic rings. The zero-order valence-corrected chi connectivity index (χ0v) is 14.6. The highest BCUT2D eigenvalue weighted by molar-refractivity contribution is 5.94. The van der Waals surface area contributed by atoms with E-state index in [9.17, 15) is 4.79 Å². The van der Waals surface area contributed by atoms with Crippen LogP contribution >= 0.6 is 0 Å². The van der Waals surface area contributed by atoms with Crippen LogP contribution in [0.3, 0.4) is 0 Å². The minimum atomic E-state index is -0.145. The van der Waals surface area contributed by atoms with Crippen LogP contribution in [0.2, 0.25) is 0 Å². The zero-order chi connectivity index (χ0) is 17.6. The van der Waals surface area contributed by atoms with E-state index in [1.54, 1.807) is 24.7 Å². The minimum Gasteiger partial charge on any atom is -0.374 e. The third-order valence-corrected chi connectivity index (χ3v) is 4.00. The number of rotatable bonds is 6. The van der Waals surface area contributed by atoms with Crippen LogP contribution in [-0.4, -0.2) is 69.4 Å². The average Bonchev–Trinajstić information content (AvgIpc) is 3.14. The highest BCUT2D eigenvalue weighted by atomic mass is 16.5. The summed E-state index contributed by atoms with van der Waals surface area (Å²) in [6.07, 6.45) is 4.59. The van der Waals surface area contributed by atoms with Crippen molar-refractivity contribution in [1.29, 1.82) is 0 Å². The third-order valence-electron chi connectivity index (χ3n) is 4.00. The smallest absolute Gasteiger partial charge is 0.251 e. The molecule has 8 heteroatoms. The Balaban J connectivity index is 1.55. The summed E-state index contributed by atoms with van der Waals surface area (Å²) in [7, 11) is 0. The lowest BCUT2D eigenvalue weighted by molar-refractivity contribution is -0.0295. The molecule has 1 saturated heterocycles. The van der Waals surface area contributed by atoms with Gasteiger partial charge in [0.1, 0.15) is 12.7 Å². The molecule has 1 amide bonds. The maximum Gasteiger partial charge on any atom is 0.251 e. The molecule has 3 rings (SSSR count). The molecule has 8 nitrogen and oxygen atoms in total. The van der Waals surface area contributed by atoms with Gasteiger partial charge in [0.25, 0.3) is 5.91 Å². The van der Waals surface area contributed by atoms with Crippen molar-refractivity contribution >= 4 is 5.91 Å². The number of ether oxygens (including phenoxy) is 1. The van der Waals surface area contributed by atoms with E-state index in [4.69, 9.17) is 4.74 Å². The van der Waals surface area contributed by atoms with Gasteiger partial charge in [-0.2, -0.15) is 5.10 Å². The summed E-state index contributed by atoms with van der Waals surface area (Å²) in [5.41, 5.74) is 0.537. The van der Waals surface area contributed by atoms with E-state index in [2.05, 4.69) is 39.1 Å². The third kappa shape index (κ3) is 4.83. The number of nitrogens with zero attached hydrogens (tertiary/aromatic N) is 5. The molecule has 2 aromatic heterocycles. The van der Waals surface area contributed by atoms with E-state index in [1.165, 1.54) is 11.0 Å². The lowest BCUT2D eigenvalue weighted by Crippen LogP contribution is -2.48. The standard InChI is InChI=1S/C17H24N6O2/c1-13(2)9-22-5-6-25-15(10-22)8-20-17(24)14-3-4-19-16(7-14)23-12-18-11-21-23/h3-4,7,11-13,15H,5-6,8-10H2,1-2H3,(H,20,24)/t15-/m0/s1. The Hall–Kier alpha value is -2.32. The van der Waals surface area contributed by atoms with Gasteiger partial charge in [0.05, 0.1) is 12.7 Å². The fraction of sp³-hybridized carbons (Fsp3) is 0.529. The number of pyridine rings is 1. The molecule has 0 unspecified atom stereocenters. The van der Waals surface area contributed by atoms with Crippen molar-refractivity contribution in [1.82, 2.24) is 30.0 Å². The Morgan fingerprint density at radius 1 is 1.48 bits per heavy atom. The first kappa shape index (κ1) is 17.5. The van der Waals surface area contributed by atoms with Crippen molar-refractivity contribution in [3.63, 3.8) is 0 Å². The van der Waals surface area contributed by atoms with E-state index in [0.717, 1.165) is 19.6 Å². The molecule has 0 radical (unpaired) electrons. The first-order chi connectivity index (χ1) is 12.1. The van der Waals surface area contributed by atoms with Crippen molar-refractivity contribution in [2.24, 2.45) is 5.92 Å². The SMILES string of the molecule is CC(C)CN1CCO[C@@H](CNC(=O)c2ccnc(-n3cncn3)c2)C1. The fourth-order valence-electron chi connectivity index (χ4n) is 2.91. The monoisotopic (exact) mass is 344 g/mol. The van der Waals surface area contributed by atoms with Crippen LogP contribution in [0.5, 0.6) is 0 Å². The van der Waals surface area contributed by atoms with Crippen LogP contribution in [0.1, 0.15) is 24.2 Å². The molecular formula is C17H24N6O2. The highest BCUT2D eigenvalue weighted by Gasteiger charge is 2.21. The van der Waals surface area contributed by atoms with Gasteiger partial charge < -0.3 is 10.1 Å². The van der Waals surface area contributed by atoms with E-state index >= 15 is 0 Å². The van der Waals surface area contributed by atoms with E-state index in [1.807, 2.05) is 0 Å². The number of carbonyl (C=O) groups is 1. The molecule has 2 aromatic rings. The van der Waals surface area contributed by atoms with Gasteiger partial charge >= 0.3 is 0 Å². The second kappa shape index (κ2) is 8.17. The van der Waals surface area contributed by atoms with Gasteiger partial charge in [-0.3, -0.25) is 9.69 Å². The predicted octanol–water partition coefficient (Wildman–Crippen LogP) is 0.749. The number of aromatic nitrogens is 4. The summed E-state index contributed by atoms with van der Waals surface area (Å²) >= 11 is 0. The summed E-state index contributed by atoms with van der Waals surface area (Å²) < 4.78 is 7.29. The van der Waals surface area contributed by atoms with Gasteiger partial charge in [-0.1, -0.05) is 13.8 Å². The topological polar surface area (TPSA) is 85.2 Å². The maximum absolute atomic E-state index is 12.4. The molecule has 1 aliphatic heterocycles. The van der Waals surface area contributed by atoms with Crippen molar-refractivity contribution in [3.8, 4) is 5.82 Å². The first-order valence-electron chi connectivity index (χ1n) is 8.55. The van der Waals surface area contributed by atoms with Gasteiger partial charge in [-0.15, -0.1) is 0 Å².